The first-order chi connectivity index (χ1) is 3.98. The monoisotopic (exact) mass is 262 g/mol. The van der Waals surface area contributed by atoms with E-state index in [1.54, 1.807) is 6.92 Å². The highest BCUT2D eigenvalue weighted by molar-refractivity contribution is 9.14. The van der Waals surface area contributed by atoms with Crippen LogP contribution in [0.3, 0.4) is 0 Å². The van der Waals surface area contributed by atoms with Crippen LogP contribution >= 0.6 is 31.9 Å². The lowest BCUT2D eigenvalue weighted by Crippen LogP contribution is -2.03. The van der Waals surface area contributed by atoms with Gasteiger partial charge in [0.2, 0.25) is 0 Å². The molecule has 0 aliphatic rings. The molecule has 0 amide bonds. The molecule has 0 nitrogen and oxygen atoms in total. The molecule has 4 heteroatoms. The minimum absolute atomic E-state index is 0.113. The average Bonchev–Trinajstić information content (AvgIpc) is 1.64. The molecule has 0 rings (SSSR count). The normalized spacial score (nSPS) is 14.1. The lowest BCUT2D eigenvalue weighted by atomic mass is 10.4. The highest BCUT2D eigenvalue weighted by atomic mass is 79.9. The van der Waals surface area contributed by atoms with Crippen LogP contribution in [0.15, 0.2) is 10.6 Å². The van der Waals surface area contributed by atoms with Crippen LogP contribution in [0, 0.1) is 0 Å². The number of alkyl halides is 3. The molecule has 54 valence electrons. The summed E-state index contributed by atoms with van der Waals surface area (Å²) in [6.45, 7) is 1.79. The number of halogens is 4. The molecule has 0 aromatic carbocycles. The van der Waals surface area contributed by atoms with E-state index in [9.17, 15) is 8.78 Å². The van der Waals surface area contributed by atoms with Crippen molar-refractivity contribution in [3.63, 3.8) is 0 Å². The van der Waals surface area contributed by atoms with Gasteiger partial charge < -0.3 is 0 Å². The van der Waals surface area contributed by atoms with Crippen LogP contribution in [0.4, 0.5) is 8.78 Å². The molecule has 0 aromatic rings. The van der Waals surface area contributed by atoms with Crippen molar-refractivity contribution >= 4 is 31.9 Å². The zero-order chi connectivity index (χ0) is 7.49. The fourth-order valence-electron chi connectivity index (χ4n) is 0.295. The molecule has 0 aliphatic heterocycles. The first-order valence-corrected chi connectivity index (χ1v) is 4.00. The molecule has 9 heavy (non-hydrogen) atoms. The van der Waals surface area contributed by atoms with E-state index in [-0.39, 0.29) is 4.48 Å². The van der Waals surface area contributed by atoms with Gasteiger partial charge in [-0.1, -0.05) is 13.0 Å². The fourth-order valence-corrected chi connectivity index (χ4v) is 0.781. The standard InChI is InChI=1S/C5H6Br2F2/c1-2-3-4(6)5(7,8)9/h3H,2H2,1H3. The minimum Gasteiger partial charge on any atom is -0.188 e. The van der Waals surface area contributed by atoms with Crippen molar-refractivity contribution in [1.82, 2.24) is 0 Å². The van der Waals surface area contributed by atoms with Gasteiger partial charge in [-0.2, -0.15) is 8.78 Å². The molecule has 0 saturated carbocycles. The Morgan fingerprint density at radius 1 is 1.67 bits per heavy atom. The van der Waals surface area contributed by atoms with E-state index in [2.05, 4.69) is 31.9 Å². The van der Waals surface area contributed by atoms with Crippen molar-refractivity contribution in [2.75, 3.05) is 0 Å². The number of rotatable bonds is 2. The first-order valence-electron chi connectivity index (χ1n) is 2.41. The van der Waals surface area contributed by atoms with Crippen LogP contribution in [0.25, 0.3) is 0 Å². The third-order valence-electron chi connectivity index (χ3n) is 0.654. The molecule has 0 bridgehead atoms. The van der Waals surface area contributed by atoms with Gasteiger partial charge in [-0.3, -0.25) is 0 Å². The Kier molecular flexibility index (Phi) is 3.89. The van der Waals surface area contributed by atoms with Crippen molar-refractivity contribution in [2.45, 2.75) is 18.2 Å². The van der Waals surface area contributed by atoms with Crippen LogP contribution in [0.5, 0.6) is 0 Å². The molecule has 0 radical (unpaired) electrons. The zero-order valence-corrected chi connectivity index (χ0v) is 7.97. The van der Waals surface area contributed by atoms with Crippen molar-refractivity contribution in [3.8, 4) is 0 Å². The molecule has 0 unspecified atom stereocenters. The number of hydrogen-bond acceptors (Lipinski definition) is 0. The van der Waals surface area contributed by atoms with Gasteiger partial charge >= 0.3 is 4.83 Å². The van der Waals surface area contributed by atoms with Crippen LogP contribution in [0.2, 0.25) is 0 Å². The predicted molar refractivity (Wildman–Crippen MR) is 41.2 cm³/mol. The Morgan fingerprint density at radius 3 is 2.22 bits per heavy atom. The maximum atomic E-state index is 12.1. The quantitative estimate of drug-likeness (QED) is 0.667. The third-order valence-corrected chi connectivity index (χ3v) is 2.44. The average molecular weight is 264 g/mol. The summed E-state index contributed by atoms with van der Waals surface area (Å²) in [4.78, 5) is -2.90. The molecule has 0 saturated heterocycles. The molecule has 0 N–H and O–H groups in total. The minimum atomic E-state index is -2.90. The Labute approximate surface area is 69.6 Å². The summed E-state index contributed by atoms with van der Waals surface area (Å²) in [5.74, 6) is 0. The van der Waals surface area contributed by atoms with E-state index >= 15 is 0 Å². The second-order valence-corrected chi connectivity index (χ2v) is 3.31. The second kappa shape index (κ2) is 3.66. The topological polar surface area (TPSA) is 0 Å². The Bertz CT molecular complexity index is 115. The van der Waals surface area contributed by atoms with Crippen LogP contribution in [0.1, 0.15) is 13.3 Å². The zero-order valence-electron chi connectivity index (χ0n) is 4.80. The molecule has 0 aliphatic carbocycles. The largest absolute Gasteiger partial charge is 0.332 e. The lowest BCUT2D eigenvalue weighted by Gasteiger charge is -2.04. The second-order valence-electron chi connectivity index (χ2n) is 1.46. The summed E-state index contributed by atoms with van der Waals surface area (Å²) in [6, 6.07) is 0. The fraction of sp³-hybridized carbons (Fsp3) is 0.600. The molecule has 0 atom stereocenters. The van der Waals surface area contributed by atoms with Gasteiger partial charge in [-0.05, 0) is 38.3 Å². The van der Waals surface area contributed by atoms with Crippen molar-refractivity contribution in [3.05, 3.63) is 10.6 Å². The molecule has 0 heterocycles. The van der Waals surface area contributed by atoms with Crippen LogP contribution in [-0.2, 0) is 0 Å². The number of hydrogen-bond donors (Lipinski definition) is 0. The van der Waals surface area contributed by atoms with Gasteiger partial charge in [0.15, 0.2) is 0 Å². The summed E-state index contributed by atoms with van der Waals surface area (Å²) in [5, 5.41) is 0. The summed E-state index contributed by atoms with van der Waals surface area (Å²) in [5.41, 5.74) is 0. The Hall–Kier alpha value is 0.560. The molecule has 0 fully saturated rings. The van der Waals surface area contributed by atoms with Crippen LogP contribution < -0.4 is 0 Å². The Balaban J connectivity index is 4.03. The molecular weight excluding hydrogens is 258 g/mol. The van der Waals surface area contributed by atoms with Crippen LogP contribution in [-0.4, -0.2) is 4.83 Å². The maximum absolute atomic E-state index is 12.1. The van der Waals surface area contributed by atoms with E-state index < -0.39 is 4.83 Å². The summed E-state index contributed by atoms with van der Waals surface area (Å²) in [6.07, 6.45) is 2.01. The maximum Gasteiger partial charge on any atom is 0.332 e. The first kappa shape index (κ1) is 9.56. The van der Waals surface area contributed by atoms with Gasteiger partial charge in [0.1, 0.15) is 0 Å². The van der Waals surface area contributed by atoms with Crippen molar-refractivity contribution in [1.29, 1.82) is 0 Å². The number of allylic oxidation sites excluding steroid dienone is 2. The SMILES string of the molecule is CCC=C(Br)C(F)(F)Br. The van der Waals surface area contributed by atoms with Gasteiger partial charge in [-0.15, -0.1) is 0 Å². The smallest absolute Gasteiger partial charge is 0.188 e. The van der Waals surface area contributed by atoms with E-state index in [4.69, 9.17) is 0 Å². The molecular formula is C5H6Br2F2. The van der Waals surface area contributed by atoms with E-state index in [1.165, 1.54) is 6.08 Å². The van der Waals surface area contributed by atoms with Gasteiger partial charge in [0.05, 0.1) is 4.48 Å². The Morgan fingerprint density at radius 2 is 2.11 bits per heavy atom. The molecule has 0 spiro atoms. The van der Waals surface area contributed by atoms with E-state index in [0.29, 0.717) is 6.42 Å². The summed E-state index contributed by atoms with van der Waals surface area (Å²) in [7, 11) is 0. The van der Waals surface area contributed by atoms with Crippen molar-refractivity contribution < 1.29 is 8.78 Å². The van der Waals surface area contributed by atoms with E-state index in [1.807, 2.05) is 0 Å². The summed E-state index contributed by atoms with van der Waals surface area (Å²) < 4.78 is 24.1. The lowest BCUT2D eigenvalue weighted by molar-refractivity contribution is 0.167. The van der Waals surface area contributed by atoms with Gasteiger partial charge in [0, 0.05) is 0 Å². The highest BCUT2D eigenvalue weighted by Gasteiger charge is 2.27. The highest BCUT2D eigenvalue weighted by Crippen LogP contribution is 2.34. The molecule has 0 aromatic heterocycles. The van der Waals surface area contributed by atoms with Gasteiger partial charge in [-0.25, -0.2) is 0 Å². The third kappa shape index (κ3) is 4.03. The predicted octanol–water partition coefficient (Wildman–Crippen LogP) is 3.66. The van der Waals surface area contributed by atoms with Crippen molar-refractivity contribution in [2.24, 2.45) is 0 Å². The van der Waals surface area contributed by atoms with Gasteiger partial charge in [0.25, 0.3) is 0 Å². The van der Waals surface area contributed by atoms with E-state index in [0.717, 1.165) is 0 Å². The summed E-state index contributed by atoms with van der Waals surface area (Å²) >= 11 is 4.92.